The number of benzene rings is 1. The van der Waals surface area contributed by atoms with Crippen LogP contribution in [0.4, 0.5) is 0 Å². The van der Waals surface area contributed by atoms with Gasteiger partial charge in [-0.05, 0) is 19.4 Å². The van der Waals surface area contributed by atoms with Crippen LogP contribution in [0.2, 0.25) is 0 Å². The Morgan fingerprint density at radius 2 is 1.50 bits per heavy atom. The zero-order valence-corrected chi connectivity index (χ0v) is 11.1. The number of carbonyl (C=O) groups is 2. The van der Waals surface area contributed by atoms with Gasteiger partial charge in [0.15, 0.2) is 0 Å². The van der Waals surface area contributed by atoms with Gasteiger partial charge in [-0.1, -0.05) is 41.9 Å². The second kappa shape index (κ2) is 6.40. The largest absolute Gasteiger partial charge is 0.464 e. The maximum atomic E-state index is 11.9. The number of halogens is 1. The predicted molar refractivity (Wildman–Crippen MR) is 67.2 cm³/mol. The second-order valence-corrected chi connectivity index (χ2v) is 4.03. The molecule has 0 N–H and O–H groups in total. The number of hydrogen-bond acceptors (Lipinski definition) is 4. The van der Waals surface area contributed by atoms with Gasteiger partial charge in [0.1, 0.15) is 0 Å². The van der Waals surface area contributed by atoms with E-state index in [0.717, 1.165) is 0 Å². The van der Waals surface area contributed by atoms with Gasteiger partial charge in [0.05, 0.1) is 13.2 Å². The Morgan fingerprint density at radius 1 is 1.06 bits per heavy atom. The van der Waals surface area contributed by atoms with E-state index >= 15 is 0 Å². The average molecular weight is 271 g/mol. The molecule has 18 heavy (non-hydrogen) atoms. The minimum atomic E-state index is -1.94. The van der Waals surface area contributed by atoms with Crippen molar-refractivity contribution < 1.29 is 19.1 Å². The van der Waals surface area contributed by atoms with Crippen LogP contribution in [-0.4, -0.2) is 25.2 Å². The van der Waals surface area contributed by atoms with E-state index in [1.54, 1.807) is 44.2 Å². The number of rotatable bonds is 5. The highest BCUT2D eigenvalue weighted by Crippen LogP contribution is 2.32. The molecular formula is C13H15ClO4. The third-order valence-corrected chi connectivity index (χ3v) is 2.81. The van der Waals surface area contributed by atoms with Gasteiger partial charge in [0, 0.05) is 0 Å². The first-order valence-electron chi connectivity index (χ1n) is 5.66. The monoisotopic (exact) mass is 270 g/mol. The van der Waals surface area contributed by atoms with Crippen molar-refractivity contribution in [2.24, 2.45) is 0 Å². The van der Waals surface area contributed by atoms with Gasteiger partial charge >= 0.3 is 11.9 Å². The van der Waals surface area contributed by atoms with Gasteiger partial charge < -0.3 is 9.47 Å². The van der Waals surface area contributed by atoms with Crippen molar-refractivity contribution in [1.82, 2.24) is 0 Å². The molecule has 0 unspecified atom stereocenters. The van der Waals surface area contributed by atoms with Crippen molar-refractivity contribution >= 4 is 23.5 Å². The summed E-state index contributed by atoms with van der Waals surface area (Å²) in [6.45, 7) is 3.57. The summed E-state index contributed by atoms with van der Waals surface area (Å²) in [5.74, 6) is -1.65. The van der Waals surface area contributed by atoms with Gasteiger partial charge in [0.25, 0.3) is 4.87 Å². The van der Waals surface area contributed by atoms with Gasteiger partial charge in [-0.25, -0.2) is 9.59 Å². The summed E-state index contributed by atoms with van der Waals surface area (Å²) in [7, 11) is 0. The quantitative estimate of drug-likeness (QED) is 0.468. The fraction of sp³-hybridized carbons (Fsp3) is 0.385. The van der Waals surface area contributed by atoms with E-state index in [1.165, 1.54) is 0 Å². The molecule has 0 bridgehead atoms. The summed E-state index contributed by atoms with van der Waals surface area (Å²) < 4.78 is 9.71. The molecule has 0 aromatic heterocycles. The summed E-state index contributed by atoms with van der Waals surface area (Å²) >= 11 is 6.17. The molecule has 0 aliphatic rings. The Kier molecular flexibility index (Phi) is 5.16. The van der Waals surface area contributed by atoms with Crippen LogP contribution in [-0.2, 0) is 23.9 Å². The molecular weight excluding hydrogens is 256 g/mol. The van der Waals surface area contributed by atoms with Crippen LogP contribution >= 0.6 is 11.6 Å². The average Bonchev–Trinajstić information content (AvgIpc) is 2.39. The number of carbonyl (C=O) groups excluding carboxylic acids is 2. The lowest BCUT2D eigenvalue weighted by Crippen LogP contribution is -2.41. The van der Waals surface area contributed by atoms with Gasteiger partial charge in [-0.15, -0.1) is 0 Å². The third kappa shape index (κ3) is 2.82. The second-order valence-electron chi connectivity index (χ2n) is 3.47. The molecule has 98 valence electrons. The first-order chi connectivity index (χ1) is 8.57. The van der Waals surface area contributed by atoms with Crippen molar-refractivity contribution in [1.29, 1.82) is 0 Å². The van der Waals surface area contributed by atoms with Crippen molar-refractivity contribution in [3.8, 4) is 0 Å². The molecule has 0 aliphatic carbocycles. The lowest BCUT2D eigenvalue weighted by atomic mass is 9.98. The van der Waals surface area contributed by atoms with Crippen LogP contribution in [0.5, 0.6) is 0 Å². The Hall–Kier alpha value is -1.55. The highest BCUT2D eigenvalue weighted by molar-refractivity contribution is 6.44. The molecule has 1 aromatic carbocycles. The number of hydrogen-bond donors (Lipinski definition) is 0. The number of alkyl halides is 1. The molecule has 0 atom stereocenters. The Labute approximate surface area is 111 Å². The van der Waals surface area contributed by atoms with E-state index in [2.05, 4.69) is 0 Å². The van der Waals surface area contributed by atoms with Crippen LogP contribution < -0.4 is 0 Å². The summed E-state index contributed by atoms with van der Waals surface area (Å²) in [5, 5.41) is 0. The fourth-order valence-electron chi connectivity index (χ4n) is 1.45. The molecule has 4 nitrogen and oxygen atoms in total. The topological polar surface area (TPSA) is 52.6 Å². The van der Waals surface area contributed by atoms with Gasteiger partial charge in [0.2, 0.25) is 0 Å². The fourth-order valence-corrected chi connectivity index (χ4v) is 1.68. The van der Waals surface area contributed by atoms with E-state index in [9.17, 15) is 9.59 Å². The van der Waals surface area contributed by atoms with E-state index in [0.29, 0.717) is 5.56 Å². The molecule has 0 aliphatic heterocycles. The SMILES string of the molecule is CCOC(=O)C(Cl)(C(=O)OCC)c1ccccc1. The van der Waals surface area contributed by atoms with Crippen LogP contribution in [0.25, 0.3) is 0 Å². The Morgan fingerprint density at radius 3 is 1.89 bits per heavy atom. The minimum Gasteiger partial charge on any atom is -0.464 e. The standard InChI is InChI=1S/C13H15ClO4/c1-3-17-11(15)13(14,12(16)18-4-2)10-8-6-5-7-9-10/h5-9H,3-4H2,1-2H3. The first kappa shape index (κ1) is 14.5. The van der Waals surface area contributed by atoms with Crippen molar-refractivity contribution in [2.75, 3.05) is 13.2 Å². The highest BCUT2D eigenvalue weighted by Gasteiger charge is 2.49. The number of esters is 2. The van der Waals surface area contributed by atoms with Crippen molar-refractivity contribution in [2.45, 2.75) is 18.7 Å². The molecule has 5 heteroatoms. The Bertz CT molecular complexity index is 398. The van der Waals surface area contributed by atoms with E-state index < -0.39 is 16.8 Å². The highest BCUT2D eigenvalue weighted by atomic mass is 35.5. The molecule has 0 spiro atoms. The van der Waals surface area contributed by atoms with Crippen LogP contribution in [0, 0.1) is 0 Å². The molecule has 1 aromatic rings. The summed E-state index contributed by atoms with van der Waals surface area (Å²) in [4.78, 5) is 21.9. The summed E-state index contributed by atoms with van der Waals surface area (Å²) in [6, 6.07) is 8.30. The Balaban J connectivity index is 3.17. The zero-order valence-electron chi connectivity index (χ0n) is 10.3. The summed E-state index contributed by atoms with van der Waals surface area (Å²) in [5.41, 5.74) is 0.337. The molecule has 0 heterocycles. The molecule has 1 rings (SSSR count). The maximum absolute atomic E-state index is 11.9. The minimum absolute atomic E-state index is 0.138. The van der Waals surface area contributed by atoms with Gasteiger partial charge in [-0.3, -0.25) is 0 Å². The molecule has 0 fully saturated rings. The lowest BCUT2D eigenvalue weighted by Gasteiger charge is -2.22. The van der Waals surface area contributed by atoms with Crippen molar-refractivity contribution in [3.05, 3.63) is 35.9 Å². The molecule has 0 amide bonds. The smallest absolute Gasteiger partial charge is 0.343 e. The van der Waals surface area contributed by atoms with Crippen molar-refractivity contribution in [3.63, 3.8) is 0 Å². The lowest BCUT2D eigenvalue weighted by molar-refractivity contribution is -0.159. The van der Waals surface area contributed by atoms with Crippen LogP contribution in [0.1, 0.15) is 19.4 Å². The van der Waals surface area contributed by atoms with Gasteiger partial charge in [-0.2, -0.15) is 0 Å². The normalized spacial score (nSPS) is 10.8. The van der Waals surface area contributed by atoms with E-state index in [4.69, 9.17) is 21.1 Å². The first-order valence-corrected chi connectivity index (χ1v) is 6.04. The van der Waals surface area contributed by atoms with Crippen LogP contribution in [0.15, 0.2) is 30.3 Å². The van der Waals surface area contributed by atoms with E-state index in [1.807, 2.05) is 0 Å². The summed E-state index contributed by atoms with van der Waals surface area (Å²) in [6.07, 6.45) is 0. The van der Waals surface area contributed by atoms with Crippen LogP contribution in [0.3, 0.4) is 0 Å². The maximum Gasteiger partial charge on any atom is 0.343 e. The third-order valence-electron chi connectivity index (χ3n) is 2.28. The number of ether oxygens (including phenoxy) is 2. The predicted octanol–water partition coefficient (Wildman–Crippen LogP) is 2.25. The zero-order chi connectivity index (χ0) is 13.6. The van der Waals surface area contributed by atoms with E-state index in [-0.39, 0.29) is 13.2 Å². The molecule has 0 saturated heterocycles. The molecule has 0 saturated carbocycles. The molecule has 0 radical (unpaired) electrons.